The lowest BCUT2D eigenvalue weighted by atomic mass is 10.1. The number of aromatic nitrogens is 2. The third kappa shape index (κ3) is 4.38. The zero-order valence-electron chi connectivity index (χ0n) is 12.2. The van der Waals surface area contributed by atoms with Gasteiger partial charge in [-0.15, -0.1) is 0 Å². The molecule has 0 saturated heterocycles. The molecule has 2 aromatic rings. The first-order valence-electron chi connectivity index (χ1n) is 7.23. The molecule has 0 aliphatic heterocycles. The van der Waals surface area contributed by atoms with E-state index in [-0.39, 0.29) is 0 Å². The van der Waals surface area contributed by atoms with E-state index >= 15 is 0 Å². The summed E-state index contributed by atoms with van der Waals surface area (Å²) in [4.78, 5) is 0. The van der Waals surface area contributed by atoms with E-state index in [4.69, 9.17) is 4.74 Å². The molecule has 1 aromatic heterocycles. The Kier molecular flexibility index (Phi) is 5.62. The molecule has 2 rings (SSSR count). The van der Waals surface area contributed by atoms with Crippen LogP contribution in [0, 0.1) is 0 Å². The van der Waals surface area contributed by atoms with E-state index in [1.807, 2.05) is 29.1 Å². The average molecular weight is 273 g/mol. The zero-order chi connectivity index (χ0) is 14.2. The molecular formula is C16H23N3O. The van der Waals surface area contributed by atoms with Gasteiger partial charge in [-0.1, -0.05) is 19.1 Å². The van der Waals surface area contributed by atoms with E-state index in [2.05, 4.69) is 36.4 Å². The highest BCUT2D eigenvalue weighted by Crippen LogP contribution is 2.17. The summed E-state index contributed by atoms with van der Waals surface area (Å²) in [5.74, 6) is 0.906. The second-order valence-corrected chi connectivity index (χ2v) is 4.86. The number of hydrogen-bond donors (Lipinski definition) is 1. The molecule has 0 bridgehead atoms. The summed E-state index contributed by atoms with van der Waals surface area (Å²) >= 11 is 0. The summed E-state index contributed by atoms with van der Waals surface area (Å²) in [6.07, 6.45) is 4.87. The van der Waals surface area contributed by atoms with Crippen LogP contribution in [0.4, 0.5) is 0 Å². The van der Waals surface area contributed by atoms with E-state index in [1.165, 1.54) is 5.56 Å². The van der Waals surface area contributed by atoms with Crippen LogP contribution in [-0.2, 0) is 6.54 Å². The van der Waals surface area contributed by atoms with Gasteiger partial charge in [0.1, 0.15) is 12.4 Å². The smallest absolute Gasteiger partial charge is 0.119 e. The summed E-state index contributed by atoms with van der Waals surface area (Å²) < 4.78 is 7.58. The number of ether oxygens (including phenoxy) is 1. The minimum absolute atomic E-state index is 0.382. The van der Waals surface area contributed by atoms with Crippen LogP contribution < -0.4 is 10.1 Å². The first kappa shape index (κ1) is 14.6. The first-order chi connectivity index (χ1) is 9.79. The van der Waals surface area contributed by atoms with E-state index < -0.39 is 0 Å². The molecule has 0 fully saturated rings. The maximum Gasteiger partial charge on any atom is 0.119 e. The molecule has 0 radical (unpaired) electrons. The van der Waals surface area contributed by atoms with Crippen LogP contribution in [0.2, 0.25) is 0 Å². The number of nitrogens with one attached hydrogen (secondary N) is 1. The third-order valence-electron chi connectivity index (χ3n) is 3.23. The summed E-state index contributed by atoms with van der Waals surface area (Å²) in [7, 11) is 0. The van der Waals surface area contributed by atoms with Crippen molar-refractivity contribution in [2.75, 3.05) is 13.2 Å². The molecule has 1 N–H and O–H groups in total. The molecule has 1 heterocycles. The monoisotopic (exact) mass is 273 g/mol. The SMILES string of the molecule is CCCNC(C)c1ccc(OCCn2cccn2)cc1. The Labute approximate surface area is 120 Å². The van der Waals surface area contributed by atoms with Gasteiger partial charge in [0.25, 0.3) is 0 Å². The van der Waals surface area contributed by atoms with Crippen molar-refractivity contribution in [1.82, 2.24) is 15.1 Å². The van der Waals surface area contributed by atoms with E-state index in [1.54, 1.807) is 6.20 Å². The van der Waals surface area contributed by atoms with Crippen molar-refractivity contribution in [2.24, 2.45) is 0 Å². The van der Waals surface area contributed by atoms with Crippen LogP contribution in [0.3, 0.4) is 0 Å². The minimum atomic E-state index is 0.382. The van der Waals surface area contributed by atoms with Gasteiger partial charge in [-0.25, -0.2) is 0 Å². The first-order valence-corrected chi connectivity index (χ1v) is 7.23. The quantitative estimate of drug-likeness (QED) is 0.803. The second-order valence-electron chi connectivity index (χ2n) is 4.86. The van der Waals surface area contributed by atoms with Gasteiger partial charge in [0.2, 0.25) is 0 Å². The predicted octanol–water partition coefficient (Wildman–Crippen LogP) is 3.02. The van der Waals surface area contributed by atoms with Crippen LogP contribution in [0.5, 0.6) is 5.75 Å². The van der Waals surface area contributed by atoms with Crippen molar-refractivity contribution < 1.29 is 4.74 Å². The van der Waals surface area contributed by atoms with Crippen molar-refractivity contribution in [3.8, 4) is 5.75 Å². The maximum atomic E-state index is 5.71. The van der Waals surface area contributed by atoms with Gasteiger partial charge in [-0.05, 0) is 43.7 Å². The van der Waals surface area contributed by atoms with Crippen LogP contribution >= 0.6 is 0 Å². The zero-order valence-corrected chi connectivity index (χ0v) is 12.2. The van der Waals surface area contributed by atoms with Crippen molar-refractivity contribution in [1.29, 1.82) is 0 Å². The van der Waals surface area contributed by atoms with Crippen LogP contribution in [0.25, 0.3) is 0 Å². The van der Waals surface area contributed by atoms with Crippen molar-refractivity contribution >= 4 is 0 Å². The molecule has 0 saturated carbocycles. The fraction of sp³-hybridized carbons (Fsp3) is 0.438. The lowest BCUT2D eigenvalue weighted by Crippen LogP contribution is -2.19. The molecule has 1 aromatic carbocycles. The Balaban J connectivity index is 1.79. The summed E-state index contributed by atoms with van der Waals surface area (Å²) in [6.45, 7) is 6.80. The summed E-state index contributed by atoms with van der Waals surface area (Å²) in [5, 5.41) is 7.62. The Morgan fingerprint density at radius 3 is 2.75 bits per heavy atom. The normalized spacial score (nSPS) is 12.3. The minimum Gasteiger partial charge on any atom is -0.492 e. The van der Waals surface area contributed by atoms with E-state index in [0.29, 0.717) is 12.6 Å². The molecule has 0 aliphatic rings. The fourth-order valence-electron chi connectivity index (χ4n) is 2.02. The van der Waals surface area contributed by atoms with Gasteiger partial charge in [0.05, 0.1) is 6.54 Å². The number of benzene rings is 1. The van der Waals surface area contributed by atoms with Gasteiger partial charge >= 0.3 is 0 Å². The largest absolute Gasteiger partial charge is 0.492 e. The third-order valence-corrected chi connectivity index (χ3v) is 3.23. The van der Waals surface area contributed by atoms with Crippen LogP contribution in [0.15, 0.2) is 42.7 Å². The highest BCUT2D eigenvalue weighted by molar-refractivity contribution is 5.28. The van der Waals surface area contributed by atoms with E-state index in [0.717, 1.165) is 25.3 Å². The Bertz CT molecular complexity index is 479. The molecule has 108 valence electrons. The standard InChI is InChI=1S/C16H23N3O/c1-3-9-17-14(2)15-5-7-16(8-6-15)20-13-12-19-11-4-10-18-19/h4-8,10-11,14,17H,3,9,12-13H2,1-2H3. The molecule has 0 amide bonds. The topological polar surface area (TPSA) is 39.1 Å². The molecule has 4 heteroatoms. The van der Waals surface area contributed by atoms with Crippen LogP contribution in [-0.4, -0.2) is 22.9 Å². The van der Waals surface area contributed by atoms with Crippen LogP contribution in [0.1, 0.15) is 31.9 Å². The second kappa shape index (κ2) is 7.70. The molecule has 1 atom stereocenters. The molecule has 0 aliphatic carbocycles. The van der Waals surface area contributed by atoms with Gasteiger partial charge in [0, 0.05) is 18.4 Å². The Morgan fingerprint density at radius 1 is 1.30 bits per heavy atom. The predicted molar refractivity (Wildman–Crippen MR) is 80.9 cm³/mol. The number of nitrogens with zero attached hydrogens (tertiary/aromatic N) is 2. The highest BCUT2D eigenvalue weighted by atomic mass is 16.5. The Hall–Kier alpha value is -1.81. The number of hydrogen-bond acceptors (Lipinski definition) is 3. The van der Waals surface area contributed by atoms with Gasteiger partial charge < -0.3 is 10.1 Å². The lowest BCUT2D eigenvalue weighted by Gasteiger charge is -2.14. The summed E-state index contributed by atoms with van der Waals surface area (Å²) in [6, 6.07) is 10.6. The van der Waals surface area contributed by atoms with Gasteiger partial charge in [-0.2, -0.15) is 5.10 Å². The molecular weight excluding hydrogens is 250 g/mol. The Morgan fingerprint density at radius 2 is 2.10 bits per heavy atom. The lowest BCUT2D eigenvalue weighted by molar-refractivity contribution is 0.291. The fourth-order valence-corrected chi connectivity index (χ4v) is 2.02. The highest BCUT2D eigenvalue weighted by Gasteiger charge is 2.04. The van der Waals surface area contributed by atoms with Gasteiger partial charge in [0.15, 0.2) is 0 Å². The summed E-state index contributed by atoms with van der Waals surface area (Å²) in [5.41, 5.74) is 1.29. The average Bonchev–Trinajstić information content (AvgIpc) is 2.99. The number of rotatable bonds is 8. The molecule has 0 spiro atoms. The molecule has 1 unspecified atom stereocenters. The van der Waals surface area contributed by atoms with Crippen molar-refractivity contribution in [2.45, 2.75) is 32.9 Å². The maximum absolute atomic E-state index is 5.71. The van der Waals surface area contributed by atoms with E-state index in [9.17, 15) is 0 Å². The molecule has 20 heavy (non-hydrogen) atoms. The van der Waals surface area contributed by atoms with Gasteiger partial charge in [-0.3, -0.25) is 4.68 Å². The van der Waals surface area contributed by atoms with Crippen molar-refractivity contribution in [3.63, 3.8) is 0 Å². The van der Waals surface area contributed by atoms with Crippen molar-refractivity contribution in [3.05, 3.63) is 48.3 Å². The molecule has 4 nitrogen and oxygen atoms in total.